The summed E-state index contributed by atoms with van der Waals surface area (Å²) in [4.78, 5) is 9.60. The number of carboxylic acid groups (broad SMARTS) is 1. The Hall–Kier alpha value is -0.790. The number of carboxylic acids is 1. The van der Waals surface area contributed by atoms with Crippen molar-refractivity contribution in [3.05, 3.63) is 12.2 Å². The average Bonchev–Trinajstić information content (AvgIpc) is 2.89. The van der Waals surface area contributed by atoms with Crippen LogP contribution >= 0.6 is 0 Å². The standard InChI is InChI=1S/2C15H30.C4H6O2/c2*1-2-4-6-8-10-12-14-15-13-11-9-7-5-3-1;1-3(2)4(5)6/h2*1-15H2;1H2,2H3,(H,5,6). The molecule has 1 N–H and O–H groups in total. The molecular weight excluding hydrogens is 440 g/mol. The van der Waals surface area contributed by atoms with Gasteiger partial charge in [0.15, 0.2) is 0 Å². The molecule has 2 rings (SSSR count). The smallest absolute Gasteiger partial charge is 0.330 e. The molecule has 2 heteroatoms. The summed E-state index contributed by atoms with van der Waals surface area (Å²) in [6.45, 7) is 4.60. The highest BCUT2D eigenvalue weighted by Crippen LogP contribution is 2.17. The normalized spacial score (nSPS) is 21.2. The maximum atomic E-state index is 9.60. The lowest BCUT2D eigenvalue weighted by Crippen LogP contribution is -1.92. The third kappa shape index (κ3) is 31.2. The highest BCUT2D eigenvalue weighted by Gasteiger charge is 1.98. The molecule has 0 aromatic heterocycles. The van der Waals surface area contributed by atoms with E-state index in [1.807, 2.05) is 0 Å². The molecular formula is C34H66O2. The van der Waals surface area contributed by atoms with Crippen LogP contribution < -0.4 is 0 Å². The largest absolute Gasteiger partial charge is 0.478 e. The van der Waals surface area contributed by atoms with Crippen molar-refractivity contribution in [1.29, 1.82) is 0 Å². The molecule has 0 aromatic carbocycles. The first-order valence-electron chi connectivity index (χ1n) is 16.5. The summed E-state index contributed by atoms with van der Waals surface area (Å²) < 4.78 is 0. The first kappa shape index (κ1) is 35.2. The van der Waals surface area contributed by atoms with E-state index in [9.17, 15) is 4.79 Å². The second-order valence-corrected chi connectivity index (χ2v) is 11.7. The summed E-state index contributed by atoms with van der Waals surface area (Å²) in [5.74, 6) is -0.935. The lowest BCUT2D eigenvalue weighted by Gasteiger charge is -2.01. The highest BCUT2D eigenvalue weighted by molar-refractivity contribution is 5.84. The van der Waals surface area contributed by atoms with Crippen molar-refractivity contribution < 1.29 is 9.90 Å². The summed E-state index contributed by atoms with van der Waals surface area (Å²) in [6.07, 6.45) is 45.0. The second-order valence-electron chi connectivity index (χ2n) is 11.7. The van der Waals surface area contributed by atoms with Crippen LogP contribution in [0.2, 0.25) is 0 Å². The van der Waals surface area contributed by atoms with Crippen molar-refractivity contribution >= 4 is 5.97 Å². The second kappa shape index (κ2) is 30.4. The lowest BCUT2D eigenvalue weighted by molar-refractivity contribution is -0.132. The fourth-order valence-corrected chi connectivity index (χ4v) is 5.30. The molecule has 0 saturated heterocycles. The Morgan fingerprint density at radius 3 is 0.444 bits per heavy atom. The summed E-state index contributed by atoms with van der Waals surface area (Å²) in [6, 6.07) is 0. The maximum absolute atomic E-state index is 9.60. The van der Waals surface area contributed by atoms with Gasteiger partial charge in [-0.05, 0) is 6.92 Å². The number of hydrogen-bond donors (Lipinski definition) is 1. The SMILES string of the molecule is C1CCCCCCCCCCCCCC1.C1CCCCCCCCCCCCCC1.C=C(C)C(=O)O. The van der Waals surface area contributed by atoms with Gasteiger partial charge in [0.25, 0.3) is 0 Å². The molecule has 0 amide bonds. The van der Waals surface area contributed by atoms with E-state index in [1.165, 1.54) is 200 Å². The summed E-state index contributed by atoms with van der Waals surface area (Å²) in [7, 11) is 0. The Balaban J connectivity index is 0.000000558. The van der Waals surface area contributed by atoms with Crippen LogP contribution in [0, 0.1) is 0 Å². The van der Waals surface area contributed by atoms with Gasteiger partial charge >= 0.3 is 5.97 Å². The number of aliphatic carboxylic acids is 1. The minimum Gasteiger partial charge on any atom is -0.478 e. The van der Waals surface area contributed by atoms with Gasteiger partial charge in [-0.1, -0.05) is 199 Å². The summed E-state index contributed by atoms with van der Waals surface area (Å²) >= 11 is 0. The molecule has 0 bridgehead atoms. The monoisotopic (exact) mass is 507 g/mol. The average molecular weight is 507 g/mol. The molecule has 0 atom stereocenters. The molecule has 0 unspecified atom stereocenters. The molecule has 0 radical (unpaired) electrons. The summed E-state index contributed by atoms with van der Waals surface area (Å²) in [5, 5.41) is 7.89. The minimum atomic E-state index is -0.935. The van der Waals surface area contributed by atoms with E-state index >= 15 is 0 Å². The molecule has 214 valence electrons. The predicted octanol–water partition coefficient (Wildman–Crippen LogP) is 12.4. The molecule has 0 spiro atoms. The van der Waals surface area contributed by atoms with E-state index in [0.717, 1.165) is 0 Å². The van der Waals surface area contributed by atoms with Gasteiger partial charge in [-0.15, -0.1) is 0 Å². The van der Waals surface area contributed by atoms with E-state index < -0.39 is 5.97 Å². The Bertz CT molecular complexity index is 297. The van der Waals surface area contributed by atoms with Crippen molar-refractivity contribution in [3.63, 3.8) is 0 Å². The first-order chi connectivity index (χ1) is 17.6. The highest BCUT2D eigenvalue weighted by atomic mass is 16.4. The van der Waals surface area contributed by atoms with E-state index in [4.69, 9.17) is 5.11 Å². The van der Waals surface area contributed by atoms with Gasteiger partial charge in [0, 0.05) is 5.57 Å². The van der Waals surface area contributed by atoms with Crippen molar-refractivity contribution in [2.75, 3.05) is 0 Å². The Kier molecular flexibility index (Phi) is 29.8. The molecule has 36 heavy (non-hydrogen) atoms. The van der Waals surface area contributed by atoms with Crippen LogP contribution in [0.4, 0.5) is 0 Å². The van der Waals surface area contributed by atoms with E-state index in [2.05, 4.69) is 6.58 Å². The number of rotatable bonds is 1. The molecule has 2 nitrogen and oxygen atoms in total. The van der Waals surface area contributed by atoms with E-state index in [1.54, 1.807) is 0 Å². The van der Waals surface area contributed by atoms with Crippen LogP contribution in [0.1, 0.15) is 200 Å². The van der Waals surface area contributed by atoms with Gasteiger partial charge < -0.3 is 5.11 Å². The van der Waals surface area contributed by atoms with Crippen LogP contribution in [0.25, 0.3) is 0 Å². The van der Waals surface area contributed by atoms with Crippen LogP contribution in [-0.4, -0.2) is 11.1 Å². The van der Waals surface area contributed by atoms with Crippen molar-refractivity contribution in [2.24, 2.45) is 0 Å². The van der Waals surface area contributed by atoms with Gasteiger partial charge in [0.1, 0.15) is 0 Å². The van der Waals surface area contributed by atoms with Gasteiger partial charge in [-0.2, -0.15) is 0 Å². The van der Waals surface area contributed by atoms with Gasteiger partial charge in [0.05, 0.1) is 0 Å². The Labute approximate surface area is 227 Å². The van der Waals surface area contributed by atoms with E-state index in [0.29, 0.717) is 0 Å². The molecule has 2 saturated carbocycles. The van der Waals surface area contributed by atoms with Crippen LogP contribution in [0.5, 0.6) is 0 Å². The van der Waals surface area contributed by atoms with Gasteiger partial charge in [0.2, 0.25) is 0 Å². The molecule has 2 aliphatic carbocycles. The third-order valence-corrected chi connectivity index (χ3v) is 7.87. The van der Waals surface area contributed by atoms with Crippen LogP contribution in [-0.2, 0) is 4.79 Å². The number of carbonyl (C=O) groups is 1. The topological polar surface area (TPSA) is 37.3 Å². The first-order valence-corrected chi connectivity index (χ1v) is 16.5. The summed E-state index contributed by atoms with van der Waals surface area (Å²) in [5.41, 5.74) is 0.176. The molecule has 0 aromatic rings. The zero-order chi connectivity index (χ0) is 26.4. The third-order valence-electron chi connectivity index (χ3n) is 7.87. The Morgan fingerprint density at radius 1 is 0.361 bits per heavy atom. The Morgan fingerprint density at radius 2 is 0.417 bits per heavy atom. The zero-order valence-corrected chi connectivity index (χ0v) is 24.8. The maximum Gasteiger partial charge on any atom is 0.330 e. The fraction of sp³-hybridized carbons (Fsp3) is 0.912. The van der Waals surface area contributed by atoms with Crippen LogP contribution in [0.15, 0.2) is 12.2 Å². The molecule has 2 fully saturated rings. The molecule has 2 aliphatic rings. The van der Waals surface area contributed by atoms with Crippen molar-refractivity contribution in [3.8, 4) is 0 Å². The van der Waals surface area contributed by atoms with Crippen molar-refractivity contribution in [2.45, 2.75) is 200 Å². The zero-order valence-electron chi connectivity index (χ0n) is 24.8. The van der Waals surface area contributed by atoms with Gasteiger partial charge in [-0.25, -0.2) is 4.79 Å². The predicted molar refractivity (Wildman–Crippen MR) is 161 cm³/mol. The molecule has 0 aliphatic heterocycles. The van der Waals surface area contributed by atoms with Crippen molar-refractivity contribution in [1.82, 2.24) is 0 Å². The minimum absolute atomic E-state index is 0.176. The van der Waals surface area contributed by atoms with E-state index in [-0.39, 0.29) is 5.57 Å². The van der Waals surface area contributed by atoms with Gasteiger partial charge in [-0.3, -0.25) is 0 Å². The van der Waals surface area contributed by atoms with Crippen LogP contribution in [0.3, 0.4) is 0 Å². The quantitative estimate of drug-likeness (QED) is 0.359. The molecule has 0 heterocycles. The fourth-order valence-electron chi connectivity index (χ4n) is 5.30. The number of hydrogen-bond acceptors (Lipinski definition) is 1. The lowest BCUT2D eigenvalue weighted by atomic mass is 10.1.